The summed E-state index contributed by atoms with van der Waals surface area (Å²) < 4.78 is 11.6. The highest BCUT2D eigenvalue weighted by molar-refractivity contribution is 5.94. The number of fused-ring (bicyclic) bond motifs is 1. The summed E-state index contributed by atoms with van der Waals surface area (Å²) in [5.74, 6) is 2.25. The molecule has 3 heterocycles. The number of rotatable bonds is 6. The summed E-state index contributed by atoms with van der Waals surface area (Å²) in [5.41, 5.74) is 3.25. The van der Waals surface area contributed by atoms with Crippen LogP contribution in [0.15, 0.2) is 67.0 Å². The van der Waals surface area contributed by atoms with E-state index in [0.717, 1.165) is 51.3 Å². The molecular weight excluding hydrogens is 402 g/mol. The van der Waals surface area contributed by atoms with Gasteiger partial charge in [-0.15, -0.1) is 0 Å². The number of hydrogen-bond acceptors (Lipinski definition) is 5. The lowest BCUT2D eigenvalue weighted by Crippen LogP contribution is -2.40. The second-order valence-corrected chi connectivity index (χ2v) is 8.39. The maximum atomic E-state index is 13.1. The van der Waals surface area contributed by atoms with E-state index in [0.29, 0.717) is 17.2 Å². The molecule has 6 nitrogen and oxygen atoms in total. The van der Waals surface area contributed by atoms with Crippen LogP contribution in [0.3, 0.4) is 0 Å². The maximum absolute atomic E-state index is 13.1. The Balaban J connectivity index is 1.22. The predicted octanol–water partition coefficient (Wildman–Crippen LogP) is 4.66. The van der Waals surface area contributed by atoms with Gasteiger partial charge < -0.3 is 14.8 Å². The molecule has 1 fully saturated rings. The topological polar surface area (TPSA) is 63.7 Å². The number of anilines is 1. The molecule has 1 aromatic heterocycles. The van der Waals surface area contributed by atoms with Gasteiger partial charge in [-0.2, -0.15) is 0 Å². The van der Waals surface area contributed by atoms with Crippen LogP contribution in [0.1, 0.15) is 24.0 Å². The fourth-order valence-electron chi connectivity index (χ4n) is 4.44. The van der Waals surface area contributed by atoms with Crippen LogP contribution < -0.4 is 14.8 Å². The standard InChI is InChI=1S/C26H27N3O3/c30-26(28-23-7-1-2-8-25(23)32-22-6-3-12-27-16-22)21-5-4-13-29(18-21)17-19-9-10-24-20(15-19)11-14-31-24/h1-3,6-10,12,15-16,21H,4-5,11,13-14,17-18H2,(H,28,30)/t21-/m0/s1. The third-order valence-electron chi connectivity index (χ3n) is 6.04. The number of benzene rings is 2. The quantitative estimate of drug-likeness (QED) is 0.618. The largest absolute Gasteiger partial charge is 0.493 e. The zero-order chi connectivity index (χ0) is 21.8. The molecule has 2 aromatic carbocycles. The van der Waals surface area contributed by atoms with Gasteiger partial charge >= 0.3 is 0 Å². The third-order valence-corrected chi connectivity index (χ3v) is 6.04. The average Bonchev–Trinajstić information content (AvgIpc) is 3.29. The molecule has 3 aromatic rings. The summed E-state index contributed by atoms with van der Waals surface area (Å²) in [5, 5.41) is 3.09. The van der Waals surface area contributed by atoms with Gasteiger partial charge in [0.2, 0.25) is 5.91 Å². The molecule has 0 radical (unpaired) electrons. The highest BCUT2D eigenvalue weighted by Crippen LogP contribution is 2.31. The number of amides is 1. The van der Waals surface area contributed by atoms with Crippen LogP contribution in [0.25, 0.3) is 0 Å². The number of carbonyl (C=O) groups is 1. The molecule has 0 aliphatic carbocycles. The molecule has 1 saturated heterocycles. The van der Waals surface area contributed by atoms with Crippen LogP contribution in [-0.2, 0) is 17.8 Å². The molecule has 0 unspecified atom stereocenters. The molecule has 1 amide bonds. The van der Waals surface area contributed by atoms with E-state index in [9.17, 15) is 4.79 Å². The van der Waals surface area contributed by atoms with Crippen molar-refractivity contribution in [3.05, 3.63) is 78.1 Å². The Kier molecular flexibility index (Phi) is 6.03. The fraction of sp³-hybridized carbons (Fsp3) is 0.308. The number of aromatic nitrogens is 1. The lowest BCUT2D eigenvalue weighted by Gasteiger charge is -2.32. The third kappa shape index (κ3) is 4.75. The Bertz CT molecular complexity index is 1090. The highest BCUT2D eigenvalue weighted by Gasteiger charge is 2.27. The second-order valence-electron chi connectivity index (χ2n) is 8.39. The molecule has 1 N–H and O–H groups in total. The van der Waals surface area contributed by atoms with Crippen molar-refractivity contribution >= 4 is 11.6 Å². The van der Waals surface area contributed by atoms with Crippen molar-refractivity contribution in [2.75, 3.05) is 25.0 Å². The van der Waals surface area contributed by atoms with Crippen LogP contribution in [0.5, 0.6) is 17.2 Å². The number of nitrogens with zero attached hydrogens (tertiary/aromatic N) is 2. The first-order valence-corrected chi connectivity index (χ1v) is 11.2. The van der Waals surface area contributed by atoms with Gasteiger partial charge in [-0.25, -0.2) is 0 Å². The number of carbonyl (C=O) groups excluding carboxylic acids is 1. The van der Waals surface area contributed by atoms with Gasteiger partial charge in [0.1, 0.15) is 11.5 Å². The minimum atomic E-state index is -0.0482. The summed E-state index contributed by atoms with van der Waals surface area (Å²) in [6.07, 6.45) is 6.25. The van der Waals surface area contributed by atoms with Crippen molar-refractivity contribution in [2.24, 2.45) is 5.92 Å². The van der Waals surface area contributed by atoms with Crippen molar-refractivity contribution < 1.29 is 14.3 Å². The second kappa shape index (κ2) is 9.40. The number of ether oxygens (including phenoxy) is 2. The minimum Gasteiger partial charge on any atom is -0.493 e. The molecule has 5 rings (SSSR count). The van der Waals surface area contributed by atoms with E-state index in [1.165, 1.54) is 11.1 Å². The zero-order valence-electron chi connectivity index (χ0n) is 18.0. The molecule has 1 atom stereocenters. The lowest BCUT2D eigenvalue weighted by molar-refractivity contribution is -0.121. The van der Waals surface area contributed by atoms with Crippen LogP contribution in [0, 0.1) is 5.92 Å². The minimum absolute atomic E-state index is 0.0410. The number of piperidine rings is 1. The Hall–Kier alpha value is -3.38. The first-order chi connectivity index (χ1) is 15.7. The Morgan fingerprint density at radius 2 is 2.12 bits per heavy atom. The van der Waals surface area contributed by atoms with Gasteiger partial charge in [0.15, 0.2) is 5.75 Å². The van der Waals surface area contributed by atoms with Gasteiger partial charge in [-0.05, 0) is 60.8 Å². The van der Waals surface area contributed by atoms with Gasteiger partial charge in [0.05, 0.1) is 24.4 Å². The zero-order valence-corrected chi connectivity index (χ0v) is 18.0. The molecule has 0 spiro atoms. The number of pyridine rings is 1. The van der Waals surface area contributed by atoms with E-state index in [1.54, 1.807) is 12.4 Å². The molecular formula is C26H27N3O3. The van der Waals surface area contributed by atoms with E-state index in [1.807, 2.05) is 36.4 Å². The Morgan fingerprint density at radius 3 is 3.03 bits per heavy atom. The summed E-state index contributed by atoms with van der Waals surface area (Å²) in [6.45, 7) is 3.40. The first-order valence-electron chi connectivity index (χ1n) is 11.2. The van der Waals surface area contributed by atoms with Crippen LogP contribution in [0.2, 0.25) is 0 Å². The van der Waals surface area contributed by atoms with Crippen molar-refractivity contribution in [3.63, 3.8) is 0 Å². The summed E-state index contributed by atoms with van der Waals surface area (Å²) >= 11 is 0. The smallest absolute Gasteiger partial charge is 0.228 e. The van der Waals surface area contributed by atoms with Crippen LogP contribution in [0.4, 0.5) is 5.69 Å². The van der Waals surface area contributed by atoms with E-state index in [2.05, 4.69) is 33.4 Å². The maximum Gasteiger partial charge on any atom is 0.228 e. The molecule has 2 aliphatic rings. The Labute approximate surface area is 188 Å². The van der Waals surface area contributed by atoms with Gasteiger partial charge in [-0.1, -0.05) is 24.3 Å². The summed E-state index contributed by atoms with van der Waals surface area (Å²) in [4.78, 5) is 19.6. The van der Waals surface area contributed by atoms with E-state index < -0.39 is 0 Å². The number of likely N-dealkylation sites (tertiary alicyclic amines) is 1. The molecule has 0 bridgehead atoms. The van der Waals surface area contributed by atoms with E-state index >= 15 is 0 Å². The first kappa shape index (κ1) is 20.5. The Morgan fingerprint density at radius 1 is 1.19 bits per heavy atom. The predicted molar refractivity (Wildman–Crippen MR) is 123 cm³/mol. The number of para-hydroxylation sites is 2. The van der Waals surface area contributed by atoms with Crippen molar-refractivity contribution in [1.29, 1.82) is 0 Å². The van der Waals surface area contributed by atoms with Crippen molar-refractivity contribution in [2.45, 2.75) is 25.8 Å². The lowest BCUT2D eigenvalue weighted by atomic mass is 9.96. The average molecular weight is 430 g/mol. The van der Waals surface area contributed by atoms with Gasteiger partial charge in [0, 0.05) is 25.7 Å². The van der Waals surface area contributed by atoms with Gasteiger partial charge in [0.25, 0.3) is 0 Å². The van der Waals surface area contributed by atoms with Crippen LogP contribution >= 0.6 is 0 Å². The van der Waals surface area contributed by atoms with E-state index in [-0.39, 0.29) is 11.8 Å². The van der Waals surface area contributed by atoms with Crippen molar-refractivity contribution in [1.82, 2.24) is 9.88 Å². The number of nitrogens with one attached hydrogen (secondary N) is 1. The molecule has 32 heavy (non-hydrogen) atoms. The summed E-state index contributed by atoms with van der Waals surface area (Å²) in [6, 6.07) is 17.6. The normalized spacial score (nSPS) is 17.9. The fourth-order valence-corrected chi connectivity index (χ4v) is 4.44. The SMILES string of the molecule is O=C(Nc1ccccc1Oc1cccnc1)[C@H]1CCCN(Cc2ccc3c(c2)CCO3)C1. The van der Waals surface area contributed by atoms with E-state index in [4.69, 9.17) is 9.47 Å². The summed E-state index contributed by atoms with van der Waals surface area (Å²) in [7, 11) is 0. The molecule has 0 saturated carbocycles. The molecule has 164 valence electrons. The number of hydrogen-bond donors (Lipinski definition) is 1. The monoisotopic (exact) mass is 429 g/mol. The van der Waals surface area contributed by atoms with Gasteiger partial charge in [-0.3, -0.25) is 14.7 Å². The molecule has 2 aliphatic heterocycles. The van der Waals surface area contributed by atoms with Crippen molar-refractivity contribution in [3.8, 4) is 17.2 Å². The molecule has 6 heteroatoms. The van der Waals surface area contributed by atoms with Crippen LogP contribution in [-0.4, -0.2) is 35.5 Å². The highest BCUT2D eigenvalue weighted by atomic mass is 16.5.